The number of Topliss-reactive ketones (excluding diaryl/α,β-unsaturated/α-hetero) is 1. The van der Waals surface area contributed by atoms with Crippen LogP contribution < -0.4 is 0 Å². The molecule has 5 aromatic carbocycles. The Hall–Kier alpha value is -4.43. The molecule has 5 rings (SSSR count). The molecule has 1 N–H and O–H groups in total. The fourth-order valence-electron chi connectivity index (χ4n) is 4.21. The largest absolute Gasteiger partial charge is 0.508 e. The number of phenols is 1. The molecule has 0 fully saturated rings. The van der Waals surface area contributed by atoms with Crippen molar-refractivity contribution in [3.05, 3.63) is 127 Å². The van der Waals surface area contributed by atoms with E-state index < -0.39 is 0 Å². The zero-order valence-corrected chi connectivity index (χ0v) is 18.9. The van der Waals surface area contributed by atoms with Crippen molar-refractivity contribution >= 4 is 5.78 Å². The number of rotatable bonds is 5. The van der Waals surface area contributed by atoms with Crippen LogP contribution in [0.4, 0.5) is 0 Å². The summed E-state index contributed by atoms with van der Waals surface area (Å²) in [6.45, 7) is 1.59. The van der Waals surface area contributed by atoms with Crippen molar-refractivity contribution in [3.8, 4) is 50.3 Å². The average Bonchev–Trinajstić information content (AvgIpc) is 2.89. The molecular weight excluding hydrogens is 416 g/mol. The molecule has 5 aromatic rings. The molecule has 0 heterocycles. The molecular formula is C32H24O2. The molecule has 0 atom stereocenters. The standard InChI is InChI=1S/C32H24O2/c1-22(33)24-6-2-8-26(18-24)28-10-4-12-30(20-28)31-13-5-11-29(21-31)27-9-3-7-25(19-27)23-14-16-32(34)17-15-23/h2-21,34H,1H3. The molecule has 164 valence electrons. The predicted octanol–water partition coefficient (Wildman–Crippen LogP) is 8.26. The Morgan fingerprint density at radius 3 is 1.24 bits per heavy atom. The van der Waals surface area contributed by atoms with E-state index in [1.165, 1.54) is 0 Å². The van der Waals surface area contributed by atoms with Gasteiger partial charge >= 0.3 is 0 Å². The van der Waals surface area contributed by atoms with Gasteiger partial charge in [-0.25, -0.2) is 0 Å². The number of phenolic OH excluding ortho intramolecular Hbond substituents is 1. The molecule has 2 heteroatoms. The monoisotopic (exact) mass is 440 g/mol. The molecule has 0 amide bonds. The smallest absolute Gasteiger partial charge is 0.159 e. The molecule has 0 radical (unpaired) electrons. The summed E-state index contributed by atoms with van der Waals surface area (Å²) in [5.74, 6) is 0.336. The van der Waals surface area contributed by atoms with Gasteiger partial charge in [0.15, 0.2) is 5.78 Å². The Morgan fingerprint density at radius 1 is 0.471 bits per heavy atom. The van der Waals surface area contributed by atoms with Crippen LogP contribution in [0.25, 0.3) is 44.5 Å². The van der Waals surface area contributed by atoms with Gasteiger partial charge in [0.1, 0.15) is 5.75 Å². The van der Waals surface area contributed by atoms with Crippen LogP contribution in [0.5, 0.6) is 5.75 Å². The third-order valence-corrected chi connectivity index (χ3v) is 6.06. The molecule has 0 unspecified atom stereocenters. The summed E-state index contributed by atoms with van der Waals surface area (Å²) in [4.78, 5) is 11.8. The first-order valence-corrected chi connectivity index (χ1v) is 11.3. The van der Waals surface area contributed by atoms with E-state index in [0.717, 1.165) is 50.1 Å². The van der Waals surface area contributed by atoms with E-state index in [1.54, 1.807) is 19.1 Å². The maximum Gasteiger partial charge on any atom is 0.159 e. The second-order valence-corrected chi connectivity index (χ2v) is 8.43. The Morgan fingerprint density at radius 2 is 0.824 bits per heavy atom. The van der Waals surface area contributed by atoms with Crippen molar-refractivity contribution in [1.82, 2.24) is 0 Å². The van der Waals surface area contributed by atoms with E-state index in [9.17, 15) is 9.90 Å². The molecule has 0 saturated heterocycles. The van der Waals surface area contributed by atoms with Crippen molar-refractivity contribution in [2.75, 3.05) is 0 Å². The SMILES string of the molecule is CC(=O)c1cccc(-c2cccc(-c3cccc(-c4cccc(-c5ccc(O)cc5)c4)c3)c2)c1. The molecule has 0 aliphatic carbocycles. The first-order valence-electron chi connectivity index (χ1n) is 11.3. The number of hydrogen-bond donors (Lipinski definition) is 1. The lowest BCUT2D eigenvalue weighted by atomic mass is 9.94. The summed E-state index contributed by atoms with van der Waals surface area (Å²) < 4.78 is 0. The molecule has 0 bridgehead atoms. The third-order valence-electron chi connectivity index (χ3n) is 6.06. The minimum absolute atomic E-state index is 0.0697. The lowest BCUT2D eigenvalue weighted by Gasteiger charge is -2.10. The van der Waals surface area contributed by atoms with Crippen molar-refractivity contribution in [2.45, 2.75) is 6.92 Å². The summed E-state index contributed by atoms with van der Waals surface area (Å²) in [5, 5.41) is 9.59. The molecule has 0 aromatic heterocycles. The second-order valence-electron chi connectivity index (χ2n) is 8.43. The van der Waals surface area contributed by atoms with Crippen LogP contribution in [0.3, 0.4) is 0 Å². The van der Waals surface area contributed by atoms with Gasteiger partial charge in [-0.3, -0.25) is 4.79 Å². The molecule has 0 aliphatic rings. The van der Waals surface area contributed by atoms with Gasteiger partial charge in [-0.1, -0.05) is 84.9 Å². The van der Waals surface area contributed by atoms with Crippen LogP contribution in [0.2, 0.25) is 0 Å². The van der Waals surface area contributed by atoms with Gasteiger partial charge < -0.3 is 5.11 Å². The highest BCUT2D eigenvalue weighted by Crippen LogP contribution is 2.32. The number of carbonyl (C=O) groups excluding carboxylic acids is 1. The van der Waals surface area contributed by atoms with E-state index in [0.29, 0.717) is 0 Å². The van der Waals surface area contributed by atoms with Crippen molar-refractivity contribution < 1.29 is 9.90 Å². The highest BCUT2D eigenvalue weighted by Gasteiger charge is 2.07. The van der Waals surface area contributed by atoms with Gasteiger partial charge in [0.2, 0.25) is 0 Å². The molecule has 2 nitrogen and oxygen atoms in total. The van der Waals surface area contributed by atoms with Crippen LogP contribution in [-0.4, -0.2) is 10.9 Å². The van der Waals surface area contributed by atoms with Gasteiger partial charge in [0.05, 0.1) is 0 Å². The first-order chi connectivity index (χ1) is 16.6. The van der Waals surface area contributed by atoms with Gasteiger partial charge in [-0.15, -0.1) is 0 Å². The maximum atomic E-state index is 11.8. The first kappa shape index (κ1) is 21.4. The van der Waals surface area contributed by atoms with E-state index >= 15 is 0 Å². The molecule has 0 spiro atoms. The quantitative estimate of drug-likeness (QED) is 0.279. The van der Waals surface area contributed by atoms with Crippen LogP contribution in [0, 0.1) is 0 Å². The molecule has 0 aliphatic heterocycles. The average molecular weight is 441 g/mol. The van der Waals surface area contributed by atoms with Crippen molar-refractivity contribution in [1.29, 1.82) is 0 Å². The summed E-state index contributed by atoms with van der Waals surface area (Å²) in [5.41, 5.74) is 9.55. The summed E-state index contributed by atoms with van der Waals surface area (Å²) >= 11 is 0. The zero-order chi connectivity index (χ0) is 23.5. The number of carbonyl (C=O) groups is 1. The normalized spacial score (nSPS) is 10.7. The fourth-order valence-corrected chi connectivity index (χ4v) is 4.21. The van der Waals surface area contributed by atoms with Crippen molar-refractivity contribution in [2.24, 2.45) is 0 Å². The predicted molar refractivity (Wildman–Crippen MR) is 140 cm³/mol. The highest BCUT2D eigenvalue weighted by atomic mass is 16.3. The van der Waals surface area contributed by atoms with E-state index in [-0.39, 0.29) is 11.5 Å². The zero-order valence-electron chi connectivity index (χ0n) is 18.9. The Bertz CT molecular complexity index is 1480. The Labute approximate surface area is 199 Å². The van der Waals surface area contributed by atoms with Crippen LogP contribution >= 0.6 is 0 Å². The molecule has 34 heavy (non-hydrogen) atoms. The fraction of sp³-hybridized carbons (Fsp3) is 0.0312. The Kier molecular flexibility index (Phi) is 5.80. The van der Waals surface area contributed by atoms with Gasteiger partial charge in [-0.05, 0) is 87.8 Å². The van der Waals surface area contributed by atoms with E-state index in [4.69, 9.17) is 0 Å². The van der Waals surface area contributed by atoms with Crippen LogP contribution in [-0.2, 0) is 0 Å². The molecule has 0 saturated carbocycles. The number of hydrogen-bond acceptors (Lipinski definition) is 2. The number of ketones is 1. The lowest BCUT2D eigenvalue weighted by molar-refractivity contribution is 0.101. The number of benzene rings is 5. The maximum absolute atomic E-state index is 11.8. The van der Waals surface area contributed by atoms with Gasteiger partial charge in [0, 0.05) is 5.56 Å². The van der Waals surface area contributed by atoms with Crippen LogP contribution in [0.15, 0.2) is 121 Å². The van der Waals surface area contributed by atoms with Gasteiger partial charge in [-0.2, -0.15) is 0 Å². The van der Waals surface area contributed by atoms with Crippen LogP contribution in [0.1, 0.15) is 17.3 Å². The minimum atomic E-state index is 0.0697. The second kappa shape index (κ2) is 9.21. The topological polar surface area (TPSA) is 37.3 Å². The Balaban J connectivity index is 1.49. The van der Waals surface area contributed by atoms with Crippen molar-refractivity contribution in [3.63, 3.8) is 0 Å². The van der Waals surface area contributed by atoms with E-state index in [2.05, 4.69) is 72.8 Å². The highest BCUT2D eigenvalue weighted by molar-refractivity contribution is 5.95. The lowest BCUT2D eigenvalue weighted by Crippen LogP contribution is -1.91. The van der Waals surface area contributed by atoms with Gasteiger partial charge in [0.25, 0.3) is 0 Å². The minimum Gasteiger partial charge on any atom is -0.508 e. The van der Waals surface area contributed by atoms with E-state index in [1.807, 2.05) is 36.4 Å². The summed E-state index contributed by atoms with van der Waals surface area (Å²) in [7, 11) is 0. The number of aromatic hydroxyl groups is 1. The third kappa shape index (κ3) is 4.53. The summed E-state index contributed by atoms with van der Waals surface area (Å²) in [6.07, 6.45) is 0. The summed E-state index contributed by atoms with van der Waals surface area (Å²) in [6, 6.07) is 40.5.